The number of amides is 2. The Bertz CT molecular complexity index is 772. The molecule has 1 fully saturated rings. The number of phenols is 1. The monoisotopic (exact) mass is 368 g/mol. The van der Waals surface area contributed by atoms with Gasteiger partial charge in [0.05, 0.1) is 6.04 Å². The first-order valence-corrected chi connectivity index (χ1v) is 9.05. The van der Waals surface area contributed by atoms with Crippen molar-refractivity contribution in [1.82, 2.24) is 15.2 Å². The van der Waals surface area contributed by atoms with E-state index in [1.807, 2.05) is 4.90 Å². The number of primary amides is 1. The van der Waals surface area contributed by atoms with E-state index in [1.165, 1.54) is 0 Å². The number of aromatic nitrogens is 1. The van der Waals surface area contributed by atoms with Gasteiger partial charge < -0.3 is 21.1 Å². The minimum absolute atomic E-state index is 0.00592. The summed E-state index contributed by atoms with van der Waals surface area (Å²) in [6.07, 6.45) is 5.21. The van der Waals surface area contributed by atoms with E-state index in [0.717, 1.165) is 18.4 Å². The molecule has 2 amide bonds. The average molecular weight is 368 g/mol. The molecule has 7 nitrogen and oxygen atoms in total. The number of piperidine rings is 1. The minimum Gasteiger partial charge on any atom is -0.508 e. The van der Waals surface area contributed by atoms with Crippen LogP contribution in [-0.2, 0) is 11.2 Å². The largest absolute Gasteiger partial charge is 0.508 e. The highest BCUT2D eigenvalue weighted by atomic mass is 16.3. The predicted molar refractivity (Wildman–Crippen MR) is 101 cm³/mol. The lowest BCUT2D eigenvalue weighted by Gasteiger charge is -2.34. The zero-order valence-corrected chi connectivity index (χ0v) is 15.0. The fourth-order valence-electron chi connectivity index (χ4n) is 3.32. The molecule has 1 aliphatic heterocycles. The van der Waals surface area contributed by atoms with Crippen molar-refractivity contribution in [2.45, 2.75) is 31.3 Å². The summed E-state index contributed by atoms with van der Waals surface area (Å²) in [7, 11) is 0. The molecule has 1 aromatic heterocycles. The van der Waals surface area contributed by atoms with Gasteiger partial charge in [-0.2, -0.15) is 0 Å². The van der Waals surface area contributed by atoms with Crippen LogP contribution >= 0.6 is 0 Å². The van der Waals surface area contributed by atoms with Crippen molar-refractivity contribution < 1.29 is 14.7 Å². The van der Waals surface area contributed by atoms with Gasteiger partial charge in [0.25, 0.3) is 5.91 Å². The van der Waals surface area contributed by atoms with E-state index in [9.17, 15) is 14.7 Å². The second-order valence-corrected chi connectivity index (χ2v) is 6.79. The summed E-state index contributed by atoms with van der Waals surface area (Å²) in [6, 6.07) is 9.82. The fraction of sp³-hybridized carbons (Fsp3) is 0.350. The minimum atomic E-state index is -0.484. The van der Waals surface area contributed by atoms with Crippen LogP contribution in [0, 0.1) is 0 Å². The Morgan fingerprint density at radius 2 is 1.78 bits per heavy atom. The lowest BCUT2D eigenvalue weighted by Crippen LogP contribution is -2.52. The van der Waals surface area contributed by atoms with E-state index in [2.05, 4.69) is 10.3 Å². The first kappa shape index (κ1) is 18.8. The van der Waals surface area contributed by atoms with Crippen LogP contribution in [0.2, 0.25) is 0 Å². The van der Waals surface area contributed by atoms with Crippen molar-refractivity contribution in [2.75, 3.05) is 13.1 Å². The van der Waals surface area contributed by atoms with Gasteiger partial charge in [0.1, 0.15) is 5.75 Å². The van der Waals surface area contributed by atoms with Crippen LogP contribution in [0.25, 0.3) is 0 Å². The Hall–Kier alpha value is -2.93. The molecule has 27 heavy (non-hydrogen) atoms. The molecule has 3 rings (SSSR count). The fourth-order valence-corrected chi connectivity index (χ4v) is 3.32. The van der Waals surface area contributed by atoms with Gasteiger partial charge >= 0.3 is 0 Å². The third-order valence-electron chi connectivity index (χ3n) is 4.87. The Balaban J connectivity index is 1.54. The molecule has 7 heteroatoms. The summed E-state index contributed by atoms with van der Waals surface area (Å²) in [5.74, 6) is -0.210. The van der Waals surface area contributed by atoms with E-state index in [-0.39, 0.29) is 17.7 Å². The van der Waals surface area contributed by atoms with E-state index >= 15 is 0 Å². The van der Waals surface area contributed by atoms with Gasteiger partial charge in [0, 0.05) is 37.1 Å². The molecule has 142 valence electrons. The van der Waals surface area contributed by atoms with Gasteiger partial charge in [-0.15, -0.1) is 0 Å². The second kappa shape index (κ2) is 8.64. The first-order chi connectivity index (χ1) is 13.0. The number of pyridine rings is 1. The smallest absolute Gasteiger partial charge is 0.253 e. The van der Waals surface area contributed by atoms with Crippen molar-refractivity contribution in [3.63, 3.8) is 0 Å². The standard InChI is InChI=1S/C20H24N4O3/c21-19(26)18(13-14-1-3-17(25)4-2-14)23-16-7-11-24(12-8-16)20(27)15-5-9-22-10-6-15/h1-6,9-10,16,18,23,25H,7-8,11-13H2,(H2,21,26)/t18-/m0/s1. The second-order valence-electron chi connectivity index (χ2n) is 6.79. The zero-order valence-electron chi connectivity index (χ0n) is 15.0. The summed E-state index contributed by atoms with van der Waals surface area (Å²) >= 11 is 0. The van der Waals surface area contributed by atoms with Crippen LogP contribution < -0.4 is 11.1 Å². The van der Waals surface area contributed by atoms with Gasteiger partial charge in [-0.25, -0.2) is 0 Å². The molecule has 1 aliphatic rings. The molecule has 2 heterocycles. The van der Waals surface area contributed by atoms with Gasteiger partial charge in [0.15, 0.2) is 0 Å². The van der Waals surface area contributed by atoms with Crippen molar-refractivity contribution >= 4 is 11.8 Å². The molecule has 0 saturated carbocycles. The maximum Gasteiger partial charge on any atom is 0.253 e. The molecular weight excluding hydrogens is 344 g/mol. The number of likely N-dealkylation sites (tertiary alicyclic amines) is 1. The summed E-state index contributed by atoms with van der Waals surface area (Å²) in [5, 5.41) is 12.7. The highest BCUT2D eigenvalue weighted by Gasteiger charge is 2.26. The molecule has 1 saturated heterocycles. The zero-order chi connectivity index (χ0) is 19.2. The maximum absolute atomic E-state index is 12.5. The number of phenolic OH excluding ortho intramolecular Hbond substituents is 1. The summed E-state index contributed by atoms with van der Waals surface area (Å²) < 4.78 is 0. The normalized spacial score (nSPS) is 16.1. The van der Waals surface area contributed by atoms with Gasteiger partial charge in [-0.3, -0.25) is 14.6 Å². The number of carbonyl (C=O) groups excluding carboxylic acids is 2. The molecule has 0 unspecified atom stereocenters. The predicted octanol–water partition coefficient (Wildman–Crippen LogP) is 1.08. The Morgan fingerprint density at radius 1 is 1.15 bits per heavy atom. The number of nitrogens with two attached hydrogens (primary N) is 1. The SMILES string of the molecule is NC(=O)[C@H](Cc1ccc(O)cc1)NC1CCN(C(=O)c2ccncc2)CC1. The number of nitrogens with zero attached hydrogens (tertiary/aromatic N) is 2. The molecule has 2 aromatic rings. The van der Waals surface area contributed by atoms with E-state index in [0.29, 0.717) is 25.1 Å². The Morgan fingerprint density at radius 3 is 2.37 bits per heavy atom. The maximum atomic E-state index is 12.5. The summed E-state index contributed by atoms with van der Waals surface area (Å²) in [5.41, 5.74) is 7.12. The third-order valence-corrected chi connectivity index (χ3v) is 4.87. The van der Waals surface area contributed by atoms with Gasteiger partial charge in [-0.05, 0) is 49.1 Å². The van der Waals surface area contributed by atoms with E-state index in [4.69, 9.17) is 5.73 Å². The number of hydrogen-bond donors (Lipinski definition) is 3. The van der Waals surface area contributed by atoms with Crippen LogP contribution in [0.5, 0.6) is 5.75 Å². The topological polar surface area (TPSA) is 109 Å². The van der Waals surface area contributed by atoms with Crippen LogP contribution in [0.3, 0.4) is 0 Å². The highest BCUT2D eigenvalue weighted by molar-refractivity contribution is 5.94. The van der Waals surface area contributed by atoms with E-state index in [1.54, 1.807) is 48.8 Å². The molecule has 4 N–H and O–H groups in total. The number of benzene rings is 1. The quantitative estimate of drug-likeness (QED) is 0.707. The number of carbonyl (C=O) groups is 2. The van der Waals surface area contributed by atoms with Crippen molar-refractivity contribution in [3.8, 4) is 5.75 Å². The Labute approximate surface area is 158 Å². The molecule has 0 spiro atoms. The van der Waals surface area contributed by atoms with Gasteiger partial charge in [-0.1, -0.05) is 12.1 Å². The summed E-state index contributed by atoms with van der Waals surface area (Å²) in [4.78, 5) is 30.1. The average Bonchev–Trinajstić information content (AvgIpc) is 2.69. The number of rotatable bonds is 6. The number of nitrogens with one attached hydrogen (secondary N) is 1. The van der Waals surface area contributed by atoms with Crippen molar-refractivity contribution in [1.29, 1.82) is 0 Å². The molecular formula is C20H24N4O3. The third kappa shape index (κ3) is 5.04. The van der Waals surface area contributed by atoms with Gasteiger partial charge in [0.2, 0.25) is 5.91 Å². The first-order valence-electron chi connectivity index (χ1n) is 9.05. The van der Waals surface area contributed by atoms with Crippen molar-refractivity contribution in [3.05, 3.63) is 59.9 Å². The number of aromatic hydroxyl groups is 1. The van der Waals surface area contributed by atoms with Crippen LogP contribution in [0.1, 0.15) is 28.8 Å². The van der Waals surface area contributed by atoms with Crippen molar-refractivity contribution in [2.24, 2.45) is 5.73 Å². The molecule has 0 bridgehead atoms. The molecule has 0 radical (unpaired) electrons. The lowest BCUT2D eigenvalue weighted by atomic mass is 10.00. The van der Waals surface area contributed by atoms with E-state index < -0.39 is 11.9 Å². The lowest BCUT2D eigenvalue weighted by molar-refractivity contribution is -0.120. The molecule has 0 aliphatic carbocycles. The summed E-state index contributed by atoms with van der Waals surface area (Å²) in [6.45, 7) is 1.26. The number of hydrogen-bond acceptors (Lipinski definition) is 5. The van der Waals surface area contributed by atoms with Crippen LogP contribution in [0.15, 0.2) is 48.8 Å². The molecule has 1 atom stereocenters. The molecule has 1 aromatic carbocycles. The van der Waals surface area contributed by atoms with Crippen LogP contribution in [0.4, 0.5) is 0 Å². The highest BCUT2D eigenvalue weighted by Crippen LogP contribution is 2.16. The Kier molecular flexibility index (Phi) is 6.03. The van der Waals surface area contributed by atoms with Crippen LogP contribution in [-0.4, -0.2) is 52.0 Å².